The highest BCUT2D eigenvalue weighted by atomic mass is 19.1. The summed E-state index contributed by atoms with van der Waals surface area (Å²) in [6.07, 6.45) is 3.34. The molecule has 19 heavy (non-hydrogen) atoms. The average molecular weight is 266 g/mol. The second-order valence-electron chi connectivity index (χ2n) is 5.68. The molecule has 2 rings (SSSR count). The van der Waals surface area contributed by atoms with Gasteiger partial charge >= 0.3 is 0 Å². The molecule has 3 unspecified atom stereocenters. The second-order valence-corrected chi connectivity index (χ2v) is 5.68. The number of methoxy groups -OCH3 is 1. The van der Waals surface area contributed by atoms with Crippen LogP contribution < -0.4 is 15.8 Å². The molecule has 3 atom stereocenters. The van der Waals surface area contributed by atoms with Crippen LogP contribution in [0.1, 0.15) is 33.1 Å². The lowest BCUT2D eigenvalue weighted by Crippen LogP contribution is -2.30. The predicted molar refractivity (Wildman–Crippen MR) is 77.0 cm³/mol. The number of hydrogen-bond acceptors (Lipinski definition) is 3. The van der Waals surface area contributed by atoms with Crippen molar-refractivity contribution in [1.82, 2.24) is 0 Å². The van der Waals surface area contributed by atoms with Crippen molar-refractivity contribution in [2.24, 2.45) is 11.8 Å². The Balaban J connectivity index is 2.11. The van der Waals surface area contributed by atoms with Gasteiger partial charge in [0.15, 0.2) is 0 Å². The molecular formula is C15H23FN2O. The van der Waals surface area contributed by atoms with Gasteiger partial charge in [-0.3, -0.25) is 0 Å². The van der Waals surface area contributed by atoms with E-state index < -0.39 is 0 Å². The molecule has 0 aromatic heterocycles. The topological polar surface area (TPSA) is 47.3 Å². The third kappa shape index (κ3) is 3.11. The molecule has 0 spiro atoms. The van der Waals surface area contributed by atoms with Gasteiger partial charge in [-0.15, -0.1) is 0 Å². The lowest BCUT2D eigenvalue weighted by atomic mass is 9.79. The molecule has 0 aliphatic heterocycles. The maximum absolute atomic E-state index is 13.9. The van der Waals surface area contributed by atoms with Gasteiger partial charge in [-0.05, 0) is 31.1 Å². The minimum absolute atomic E-state index is 0.315. The van der Waals surface area contributed by atoms with Crippen molar-refractivity contribution in [3.8, 4) is 5.75 Å². The monoisotopic (exact) mass is 266 g/mol. The average Bonchev–Trinajstić information content (AvgIpc) is 2.37. The van der Waals surface area contributed by atoms with Gasteiger partial charge in [-0.1, -0.05) is 13.8 Å². The third-order valence-corrected chi connectivity index (χ3v) is 4.28. The van der Waals surface area contributed by atoms with Crippen LogP contribution in [0.15, 0.2) is 12.1 Å². The highest BCUT2D eigenvalue weighted by molar-refractivity contribution is 5.62. The molecular weight excluding hydrogens is 243 g/mol. The number of halogens is 1. The van der Waals surface area contributed by atoms with Gasteiger partial charge in [0.2, 0.25) is 0 Å². The quantitative estimate of drug-likeness (QED) is 0.821. The van der Waals surface area contributed by atoms with Gasteiger partial charge in [-0.2, -0.15) is 0 Å². The summed E-state index contributed by atoms with van der Waals surface area (Å²) in [6, 6.07) is 3.29. The smallest absolute Gasteiger partial charge is 0.148 e. The van der Waals surface area contributed by atoms with E-state index in [1.54, 1.807) is 6.07 Å². The Morgan fingerprint density at radius 2 is 2.00 bits per heavy atom. The number of nitrogen functional groups attached to an aromatic ring is 1. The zero-order chi connectivity index (χ0) is 14.0. The molecule has 1 fully saturated rings. The van der Waals surface area contributed by atoms with Crippen LogP contribution in [0.5, 0.6) is 5.75 Å². The first-order chi connectivity index (χ1) is 9.01. The van der Waals surface area contributed by atoms with E-state index >= 15 is 0 Å². The molecule has 3 nitrogen and oxygen atoms in total. The van der Waals surface area contributed by atoms with E-state index in [-0.39, 0.29) is 5.82 Å². The Morgan fingerprint density at radius 3 is 2.63 bits per heavy atom. The molecule has 0 bridgehead atoms. The van der Waals surface area contributed by atoms with Gasteiger partial charge < -0.3 is 15.8 Å². The first kappa shape index (κ1) is 14.0. The predicted octanol–water partition coefficient (Wildman–Crippen LogP) is 3.65. The van der Waals surface area contributed by atoms with Crippen LogP contribution in [0.4, 0.5) is 15.8 Å². The van der Waals surface area contributed by atoms with Gasteiger partial charge in [0, 0.05) is 18.2 Å². The van der Waals surface area contributed by atoms with E-state index in [0.717, 1.165) is 18.8 Å². The Hall–Kier alpha value is -1.45. The number of ether oxygens (including phenoxy) is 1. The van der Waals surface area contributed by atoms with E-state index in [4.69, 9.17) is 10.5 Å². The number of anilines is 2. The summed E-state index contributed by atoms with van der Waals surface area (Å²) in [6.45, 7) is 4.55. The maximum atomic E-state index is 13.9. The van der Waals surface area contributed by atoms with Crippen LogP contribution in [-0.4, -0.2) is 13.2 Å². The second kappa shape index (κ2) is 5.68. The van der Waals surface area contributed by atoms with E-state index in [1.165, 1.54) is 19.6 Å². The summed E-state index contributed by atoms with van der Waals surface area (Å²) in [5.41, 5.74) is 6.50. The molecule has 0 amide bonds. The Labute approximate surface area is 114 Å². The van der Waals surface area contributed by atoms with Crippen molar-refractivity contribution in [2.75, 3.05) is 18.2 Å². The highest BCUT2D eigenvalue weighted by Crippen LogP contribution is 2.33. The number of hydrogen-bond donors (Lipinski definition) is 2. The van der Waals surface area contributed by atoms with E-state index in [9.17, 15) is 4.39 Å². The van der Waals surface area contributed by atoms with E-state index in [1.807, 2.05) is 0 Å². The van der Waals surface area contributed by atoms with Gasteiger partial charge in [0.05, 0.1) is 18.5 Å². The summed E-state index contributed by atoms with van der Waals surface area (Å²) in [5.74, 6) is 1.62. The SMILES string of the molecule is COc1cc(NC2CCC(C)C(C)C2)c(F)cc1N. The summed E-state index contributed by atoms with van der Waals surface area (Å²) in [4.78, 5) is 0. The van der Waals surface area contributed by atoms with E-state index in [0.29, 0.717) is 29.1 Å². The van der Waals surface area contributed by atoms with Crippen molar-refractivity contribution >= 4 is 11.4 Å². The van der Waals surface area contributed by atoms with Crippen LogP contribution in [0, 0.1) is 17.7 Å². The van der Waals surface area contributed by atoms with Crippen molar-refractivity contribution in [1.29, 1.82) is 0 Å². The molecule has 1 saturated carbocycles. The van der Waals surface area contributed by atoms with Crippen LogP contribution in [-0.2, 0) is 0 Å². The fraction of sp³-hybridized carbons (Fsp3) is 0.600. The van der Waals surface area contributed by atoms with Crippen molar-refractivity contribution in [3.63, 3.8) is 0 Å². The number of benzene rings is 1. The van der Waals surface area contributed by atoms with E-state index in [2.05, 4.69) is 19.2 Å². The first-order valence-corrected chi connectivity index (χ1v) is 6.90. The van der Waals surface area contributed by atoms with Crippen molar-refractivity contribution < 1.29 is 9.13 Å². The Morgan fingerprint density at radius 1 is 1.26 bits per heavy atom. The van der Waals surface area contributed by atoms with Crippen LogP contribution >= 0.6 is 0 Å². The normalized spacial score (nSPS) is 27.1. The molecule has 0 saturated heterocycles. The minimum Gasteiger partial charge on any atom is -0.495 e. The third-order valence-electron chi connectivity index (χ3n) is 4.28. The van der Waals surface area contributed by atoms with Gasteiger partial charge in [-0.25, -0.2) is 4.39 Å². The number of rotatable bonds is 3. The minimum atomic E-state index is -0.315. The number of nitrogens with one attached hydrogen (secondary N) is 1. The lowest BCUT2D eigenvalue weighted by molar-refractivity contribution is 0.260. The molecule has 106 valence electrons. The summed E-state index contributed by atoms with van der Waals surface area (Å²) in [5, 5.41) is 3.29. The molecule has 0 heterocycles. The van der Waals surface area contributed by atoms with Gasteiger partial charge in [0.1, 0.15) is 11.6 Å². The fourth-order valence-electron chi connectivity index (χ4n) is 2.75. The maximum Gasteiger partial charge on any atom is 0.148 e. The molecule has 1 aromatic rings. The number of nitrogens with two attached hydrogens (primary N) is 1. The zero-order valence-electron chi connectivity index (χ0n) is 11.9. The van der Waals surface area contributed by atoms with Gasteiger partial charge in [0.25, 0.3) is 0 Å². The molecule has 1 aliphatic rings. The largest absolute Gasteiger partial charge is 0.495 e. The molecule has 1 aliphatic carbocycles. The lowest BCUT2D eigenvalue weighted by Gasteiger charge is -2.33. The Bertz CT molecular complexity index is 450. The van der Waals surface area contributed by atoms with Crippen molar-refractivity contribution in [2.45, 2.75) is 39.2 Å². The standard InChI is InChI=1S/C15H23FN2O/c1-9-4-5-11(6-10(9)2)18-14-8-15(19-3)13(17)7-12(14)16/h7-11,18H,4-6,17H2,1-3H3. The molecule has 4 heteroatoms. The fourth-order valence-corrected chi connectivity index (χ4v) is 2.75. The molecule has 1 aromatic carbocycles. The molecule has 0 radical (unpaired) electrons. The van der Waals surface area contributed by atoms with Crippen LogP contribution in [0.2, 0.25) is 0 Å². The Kier molecular flexibility index (Phi) is 4.17. The summed E-state index contributed by atoms with van der Waals surface area (Å²) >= 11 is 0. The highest BCUT2D eigenvalue weighted by Gasteiger charge is 2.25. The van der Waals surface area contributed by atoms with Crippen LogP contribution in [0.3, 0.4) is 0 Å². The van der Waals surface area contributed by atoms with Crippen LogP contribution in [0.25, 0.3) is 0 Å². The summed E-state index contributed by atoms with van der Waals surface area (Å²) in [7, 11) is 1.54. The summed E-state index contributed by atoms with van der Waals surface area (Å²) < 4.78 is 19.0. The zero-order valence-corrected chi connectivity index (χ0v) is 11.9. The van der Waals surface area contributed by atoms with Crippen molar-refractivity contribution in [3.05, 3.63) is 17.9 Å². The molecule has 3 N–H and O–H groups in total. The first-order valence-electron chi connectivity index (χ1n) is 6.90.